The molecule has 0 amide bonds. The summed E-state index contributed by atoms with van der Waals surface area (Å²) in [4.78, 5) is 0. The van der Waals surface area contributed by atoms with E-state index in [1.807, 2.05) is 0 Å². The first-order valence-electron chi connectivity index (χ1n) is 7.44. The third-order valence-corrected chi connectivity index (χ3v) is 5.05. The molecule has 0 radical (unpaired) electrons. The van der Waals surface area contributed by atoms with Gasteiger partial charge < -0.3 is 5.73 Å². The van der Waals surface area contributed by atoms with Crippen molar-refractivity contribution in [2.75, 3.05) is 0 Å². The Morgan fingerprint density at radius 1 is 0.938 bits per heavy atom. The molecule has 1 saturated carbocycles. The van der Waals surface area contributed by atoms with Crippen molar-refractivity contribution in [2.24, 2.45) is 23.5 Å². The minimum Gasteiger partial charge on any atom is -0.325 e. The zero-order valence-corrected chi connectivity index (χ0v) is 11.8. The topological polar surface area (TPSA) is 26.0 Å². The highest BCUT2D eigenvalue weighted by molar-refractivity contribution is 5.10. The third-order valence-electron chi connectivity index (χ3n) is 5.05. The van der Waals surface area contributed by atoms with Crippen molar-refractivity contribution in [2.45, 2.75) is 78.2 Å². The molecule has 96 valence electrons. The average molecular weight is 225 g/mol. The Kier molecular flexibility index (Phi) is 5.30. The Bertz CT molecular complexity index is 188. The fourth-order valence-corrected chi connectivity index (χ4v) is 4.16. The van der Waals surface area contributed by atoms with Crippen LogP contribution in [0, 0.1) is 17.8 Å². The van der Waals surface area contributed by atoms with Gasteiger partial charge in [-0.25, -0.2) is 0 Å². The van der Waals surface area contributed by atoms with Crippen LogP contribution in [0.5, 0.6) is 0 Å². The van der Waals surface area contributed by atoms with Gasteiger partial charge in [0.25, 0.3) is 0 Å². The van der Waals surface area contributed by atoms with Gasteiger partial charge in [-0.05, 0) is 30.6 Å². The van der Waals surface area contributed by atoms with E-state index >= 15 is 0 Å². The molecule has 0 spiro atoms. The molecule has 1 fully saturated rings. The van der Waals surface area contributed by atoms with E-state index in [1.165, 1.54) is 38.5 Å². The third kappa shape index (κ3) is 2.30. The van der Waals surface area contributed by atoms with E-state index in [0.29, 0.717) is 0 Å². The van der Waals surface area contributed by atoms with Crippen LogP contribution in [-0.2, 0) is 0 Å². The summed E-state index contributed by atoms with van der Waals surface area (Å²) in [5.74, 6) is 2.50. The highest BCUT2D eigenvalue weighted by atomic mass is 14.9. The molecule has 0 heterocycles. The SMILES string of the molecule is CCCCCC1C(CC)C(N)(CC)[C@H]1CC. The Morgan fingerprint density at radius 3 is 1.88 bits per heavy atom. The van der Waals surface area contributed by atoms with E-state index in [0.717, 1.165) is 24.2 Å². The summed E-state index contributed by atoms with van der Waals surface area (Å²) >= 11 is 0. The van der Waals surface area contributed by atoms with Crippen LogP contribution in [0.25, 0.3) is 0 Å². The first kappa shape index (κ1) is 14.0. The Hall–Kier alpha value is -0.0400. The summed E-state index contributed by atoms with van der Waals surface area (Å²) in [5, 5.41) is 0. The van der Waals surface area contributed by atoms with Gasteiger partial charge >= 0.3 is 0 Å². The molecule has 1 heteroatoms. The molecule has 1 nitrogen and oxygen atoms in total. The van der Waals surface area contributed by atoms with Crippen LogP contribution in [-0.4, -0.2) is 5.54 Å². The largest absolute Gasteiger partial charge is 0.325 e. The van der Waals surface area contributed by atoms with E-state index in [2.05, 4.69) is 27.7 Å². The average Bonchev–Trinajstić information content (AvgIpc) is 2.29. The van der Waals surface area contributed by atoms with Crippen molar-refractivity contribution in [1.29, 1.82) is 0 Å². The number of unbranched alkanes of at least 4 members (excludes halogenated alkanes) is 2. The summed E-state index contributed by atoms with van der Waals surface area (Å²) in [7, 11) is 0. The number of nitrogens with two attached hydrogens (primary N) is 1. The predicted molar refractivity (Wildman–Crippen MR) is 72.4 cm³/mol. The molecule has 0 aromatic rings. The smallest absolute Gasteiger partial charge is 0.0214 e. The normalized spacial score (nSPS) is 38.4. The van der Waals surface area contributed by atoms with Crippen LogP contribution in [0.3, 0.4) is 0 Å². The van der Waals surface area contributed by atoms with Crippen molar-refractivity contribution < 1.29 is 0 Å². The lowest BCUT2D eigenvalue weighted by Crippen LogP contribution is -2.67. The molecule has 1 rings (SSSR count). The summed E-state index contributed by atoms with van der Waals surface area (Å²) in [5.41, 5.74) is 6.77. The van der Waals surface area contributed by atoms with Gasteiger partial charge in [0, 0.05) is 5.54 Å². The van der Waals surface area contributed by atoms with Gasteiger partial charge in [-0.15, -0.1) is 0 Å². The van der Waals surface area contributed by atoms with Crippen molar-refractivity contribution in [1.82, 2.24) is 0 Å². The zero-order chi connectivity index (χ0) is 12.2. The predicted octanol–water partition coefficient (Wildman–Crippen LogP) is 4.36. The molecule has 1 aliphatic rings. The molecule has 3 unspecified atom stereocenters. The number of hydrogen-bond donors (Lipinski definition) is 1. The van der Waals surface area contributed by atoms with Crippen molar-refractivity contribution in [3.8, 4) is 0 Å². The van der Waals surface area contributed by atoms with Crippen LogP contribution in [0.15, 0.2) is 0 Å². The first-order chi connectivity index (χ1) is 7.65. The van der Waals surface area contributed by atoms with Gasteiger partial charge in [0.2, 0.25) is 0 Å². The highest BCUT2D eigenvalue weighted by Gasteiger charge is 2.55. The summed E-state index contributed by atoms with van der Waals surface area (Å²) in [6.45, 7) is 9.20. The van der Waals surface area contributed by atoms with E-state index in [-0.39, 0.29) is 5.54 Å². The molecular formula is C15H31N. The van der Waals surface area contributed by atoms with Crippen LogP contribution < -0.4 is 5.73 Å². The van der Waals surface area contributed by atoms with Gasteiger partial charge in [0.15, 0.2) is 0 Å². The molecule has 0 saturated heterocycles. The molecule has 0 aliphatic heterocycles. The molecule has 0 bridgehead atoms. The number of hydrogen-bond acceptors (Lipinski definition) is 1. The van der Waals surface area contributed by atoms with Crippen molar-refractivity contribution >= 4 is 0 Å². The molecular weight excluding hydrogens is 194 g/mol. The van der Waals surface area contributed by atoms with E-state index < -0.39 is 0 Å². The van der Waals surface area contributed by atoms with Crippen molar-refractivity contribution in [3.63, 3.8) is 0 Å². The van der Waals surface area contributed by atoms with Gasteiger partial charge in [-0.1, -0.05) is 59.8 Å². The fraction of sp³-hybridized carbons (Fsp3) is 1.00. The van der Waals surface area contributed by atoms with E-state index in [1.54, 1.807) is 0 Å². The first-order valence-corrected chi connectivity index (χ1v) is 7.44. The minimum absolute atomic E-state index is 0.167. The molecule has 4 atom stereocenters. The Balaban J connectivity index is 2.56. The fourth-order valence-electron chi connectivity index (χ4n) is 4.16. The van der Waals surface area contributed by atoms with Crippen LogP contribution in [0.4, 0.5) is 0 Å². The Labute approximate surface area is 102 Å². The molecule has 0 aromatic heterocycles. The minimum atomic E-state index is 0.167. The lowest BCUT2D eigenvalue weighted by molar-refractivity contribution is -0.0634. The van der Waals surface area contributed by atoms with Crippen molar-refractivity contribution in [3.05, 3.63) is 0 Å². The van der Waals surface area contributed by atoms with Crippen LogP contribution in [0.1, 0.15) is 72.6 Å². The quantitative estimate of drug-likeness (QED) is 0.640. The second-order valence-electron chi connectivity index (χ2n) is 5.66. The maximum atomic E-state index is 6.61. The van der Waals surface area contributed by atoms with Gasteiger partial charge in [0.05, 0.1) is 0 Å². The zero-order valence-electron chi connectivity index (χ0n) is 11.8. The number of rotatable bonds is 7. The maximum Gasteiger partial charge on any atom is 0.0214 e. The summed E-state index contributed by atoms with van der Waals surface area (Å²) in [6.07, 6.45) is 9.27. The van der Waals surface area contributed by atoms with E-state index in [9.17, 15) is 0 Å². The van der Waals surface area contributed by atoms with Gasteiger partial charge in [-0.2, -0.15) is 0 Å². The molecule has 16 heavy (non-hydrogen) atoms. The summed E-state index contributed by atoms with van der Waals surface area (Å²) < 4.78 is 0. The molecule has 2 N–H and O–H groups in total. The highest BCUT2D eigenvalue weighted by Crippen LogP contribution is 2.54. The van der Waals surface area contributed by atoms with Crippen LogP contribution >= 0.6 is 0 Å². The second kappa shape index (κ2) is 6.05. The van der Waals surface area contributed by atoms with E-state index in [4.69, 9.17) is 5.73 Å². The maximum absolute atomic E-state index is 6.61. The lowest BCUT2D eigenvalue weighted by Gasteiger charge is -2.60. The summed E-state index contributed by atoms with van der Waals surface area (Å²) in [6, 6.07) is 0. The van der Waals surface area contributed by atoms with Gasteiger partial charge in [-0.3, -0.25) is 0 Å². The second-order valence-corrected chi connectivity index (χ2v) is 5.66. The van der Waals surface area contributed by atoms with Crippen LogP contribution in [0.2, 0.25) is 0 Å². The lowest BCUT2D eigenvalue weighted by atomic mass is 9.48. The standard InChI is InChI=1S/C15H31N/c1-5-9-10-11-12-13(6-2)15(16,8-4)14(12)7-3/h12-14H,5-11,16H2,1-4H3/t12?,13-,14?,15?/m0/s1. The Morgan fingerprint density at radius 2 is 1.50 bits per heavy atom. The van der Waals surface area contributed by atoms with Gasteiger partial charge in [0.1, 0.15) is 0 Å². The molecule has 1 aliphatic carbocycles. The molecule has 0 aromatic carbocycles. The monoisotopic (exact) mass is 225 g/mol.